The molecule has 1 spiro atoms. The molecule has 0 radical (unpaired) electrons. The highest BCUT2D eigenvalue weighted by Crippen LogP contribution is 2.44. The molecule has 1 aliphatic carbocycles. The number of hydrogen-bond acceptors (Lipinski definition) is 7. The third kappa shape index (κ3) is 3.97. The Bertz CT molecular complexity index is 1020. The van der Waals surface area contributed by atoms with Crippen LogP contribution < -0.4 is 16.8 Å². The van der Waals surface area contributed by atoms with Crippen LogP contribution in [0.4, 0.5) is 5.69 Å². The van der Waals surface area contributed by atoms with Crippen molar-refractivity contribution < 1.29 is 22.8 Å². The molecule has 0 aromatic heterocycles. The zero-order valence-corrected chi connectivity index (χ0v) is 17.7. The van der Waals surface area contributed by atoms with E-state index in [1.54, 1.807) is 11.9 Å². The molecule has 1 fully saturated rings. The molecule has 2 amide bonds. The van der Waals surface area contributed by atoms with Crippen LogP contribution in [0.3, 0.4) is 0 Å². The van der Waals surface area contributed by atoms with Gasteiger partial charge in [0.2, 0.25) is 0 Å². The van der Waals surface area contributed by atoms with E-state index in [0.29, 0.717) is 11.4 Å². The van der Waals surface area contributed by atoms with Gasteiger partial charge in [-0.1, -0.05) is 18.0 Å². The Morgan fingerprint density at radius 3 is 2.43 bits per heavy atom. The van der Waals surface area contributed by atoms with Crippen molar-refractivity contribution in [1.82, 2.24) is 4.90 Å². The molecular formula is C19H25N5O5S. The molecular weight excluding hydrogens is 410 g/mol. The molecule has 2 aliphatic rings. The van der Waals surface area contributed by atoms with Crippen LogP contribution in [0.15, 0.2) is 45.6 Å². The van der Waals surface area contributed by atoms with Gasteiger partial charge >= 0.3 is 0 Å². The van der Waals surface area contributed by atoms with Crippen LogP contribution in [0.2, 0.25) is 0 Å². The Kier molecular flexibility index (Phi) is 5.75. The minimum atomic E-state index is -3.32. The number of sulfone groups is 1. The van der Waals surface area contributed by atoms with Crippen molar-refractivity contribution in [3.05, 3.63) is 35.5 Å². The van der Waals surface area contributed by atoms with Crippen molar-refractivity contribution in [3.63, 3.8) is 0 Å². The standard InChI is InChI=1S/C19H25N5O5S/c1-24-18(26)15(16(20)19(24)9-3-4-10-19)17(21)23-29-11-14(25)22-12-5-7-13(8-6-12)30(2,27)28/h5-8H,3-4,9-11,20H2,1-2H3,(H2,21,23)(H,22,25). The van der Waals surface area contributed by atoms with Gasteiger partial charge in [-0.05, 0) is 37.1 Å². The first-order valence-corrected chi connectivity index (χ1v) is 11.3. The normalized spacial score (nSPS) is 18.9. The third-order valence-electron chi connectivity index (χ3n) is 5.54. The van der Waals surface area contributed by atoms with E-state index in [9.17, 15) is 18.0 Å². The number of anilines is 1. The number of likely N-dealkylation sites (N-methyl/N-ethyl adjacent to an activating group) is 1. The number of amides is 2. The third-order valence-corrected chi connectivity index (χ3v) is 6.67. The molecule has 11 heteroatoms. The average molecular weight is 436 g/mol. The van der Waals surface area contributed by atoms with Crippen molar-refractivity contribution >= 4 is 33.2 Å². The molecule has 1 aromatic carbocycles. The summed E-state index contributed by atoms with van der Waals surface area (Å²) in [6.45, 7) is -0.448. The number of nitrogens with two attached hydrogens (primary N) is 2. The van der Waals surface area contributed by atoms with Crippen LogP contribution >= 0.6 is 0 Å². The first-order valence-electron chi connectivity index (χ1n) is 9.40. The van der Waals surface area contributed by atoms with E-state index in [1.165, 1.54) is 24.3 Å². The minimum Gasteiger partial charge on any atom is -0.399 e. The number of oxime groups is 1. The zero-order chi connectivity index (χ0) is 22.1. The van der Waals surface area contributed by atoms with Gasteiger partial charge in [-0.3, -0.25) is 9.59 Å². The fourth-order valence-electron chi connectivity index (χ4n) is 3.89. The van der Waals surface area contributed by atoms with Crippen LogP contribution in [0.25, 0.3) is 0 Å². The van der Waals surface area contributed by atoms with E-state index in [-0.39, 0.29) is 22.2 Å². The maximum Gasteiger partial charge on any atom is 0.265 e. The quantitative estimate of drug-likeness (QED) is 0.330. The van der Waals surface area contributed by atoms with Crippen LogP contribution in [0.5, 0.6) is 0 Å². The van der Waals surface area contributed by atoms with E-state index >= 15 is 0 Å². The lowest BCUT2D eigenvalue weighted by molar-refractivity contribution is -0.127. The molecule has 1 saturated carbocycles. The average Bonchev–Trinajstić information content (AvgIpc) is 3.23. The molecule has 1 heterocycles. The van der Waals surface area contributed by atoms with E-state index in [4.69, 9.17) is 16.3 Å². The lowest BCUT2D eigenvalue weighted by Gasteiger charge is -2.33. The molecule has 0 saturated heterocycles. The van der Waals surface area contributed by atoms with Crippen LogP contribution in [0.1, 0.15) is 25.7 Å². The summed E-state index contributed by atoms with van der Waals surface area (Å²) in [7, 11) is -1.62. The molecule has 0 bridgehead atoms. The highest BCUT2D eigenvalue weighted by molar-refractivity contribution is 7.90. The summed E-state index contributed by atoms with van der Waals surface area (Å²) < 4.78 is 22.9. The number of carbonyl (C=O) groups excluding carboxylic acids is 2. The summed E-state index contributed by atoms with van der Waals surface area (Å²) in [6.07, 6.45) is 4.61. The number of rotatable bonds is 6. The number of carbonyl (C=O) groups is 2. The van der Waals surface area contributed by atoms with Gasteiger partial charge in [0, 0.05) is 19.0 Å². The molecule has 3 rings (SSSR count). The second-order valence-electron chi connectivity index (χ2n) is 7.49. The number of hydrogen-bond donors (Lipinski definition) is 3. The zero-order valence-electron chi connectivity index (χ0n) is 16.8. The van der Waals surface area contributed by atoms with Gasteiger partial charge in [0.05, 0.1) is 16.1 Å². The summed E-state index contributed by atoms with van der Waals surface area (Å²) in [4.78, 5) is 31.4. The first kappa shape index (κ1) is 21.6. The SMILES string of the molecule is CN1C(=O)C(/C(N)=N/OCC(=O)Nc2ccc(S(C)(=O)=O)cc2)=C(N)C12CCCC2. The summed E-state index contributed by atoms with van der Waals surface area (Å²) >= 11 is 0. The van der Waals surface area contributed by atoms with E-state index in [1.807, 2.05) is 0 Å². The van der Waals surface area contributed by atoms with Gasteiger partial charge in [0.15, 0.2) is 22.3 Å². The summed E-state index contributed by atoms with van der Waals surface area (Å²) in [5.41, 5.74) is 12.6. The van der Waals surface area contributed by atoms with Crippen molar-refractivity contribution in [2.75, 3.05) is 25.2 Å². The lowest BCUT2D eigenvalue weighted by atomic mass is 9.93. The molecule has 162 valence electrons. The van der Waals surface area contributed by atoms with Gasteiger partial charge in [0.25, 0.3) is 11.8 Å². The Balaban J connectivity index is 1.61. The summed E-state index contributed by atoms with van der Waals surface area (Å²) in [5, 5.41) is 6.24. The molecule has 0 unspecified atom stereocenters. The molecule has 1 aliphatic heterocycles. The maximum atomic E-state index is 12.6. The number of benzene rings is 1. The Hall–Kier alpha value is -3.08. The molecule has 1 aromatic rings. The van der Waals surface area contributed by atoms with E-state index in [0.717, 1.165) is 31.9 Å². The second-order valence-corrected chi connectivity index (χ2v) is 9.50. The second kappa shape index (κ2) is 7.98. The maximum absolute atomic E-state index is 12.6. The molecule has 5 N–H and O–H groups in total. The van der Waals surface area contributed by atoms with Crippen LogP contribution in [0, 0.1) is 0 Å². The van der Waals surface area contributed by atoms with Crippen LogP contribution in [-0.4, -0.2) is 56.4 Å². The van der Waals surface area contributed by atoms with E-state index < -0.39 is 27.9 Å². The van der Waals surface area contributed by atoms with Crippen molar-refractivity contribution in [2.24, 2.45) is 16.6 Å². The highest BCUT2D eigenvalue weighted by atomic mass is 32.2. The summed E-state index contributed by atoms with van der Waals surface area (Å²) in [5.74, 6) is -1.00. The Morgan fingerprint density at radius 2 is 1.87 bits per heavy atom. The Labute approximate surface area is 174 Å². The monoisotopic (exact) mass is 435 g/mol. The van der Waals surface area contributed by atoms with Crippen molar-refractivity contribution in [2.45, 2.75) is 36.1 Å². The van der Waals surface area contributed by atoms with E-state index in [2.05, 4.69) is 10.5 Å². The fraction of sp³-hybridized carbons (Fsp3) is 0.421. The molecule has 0 atom stereocenters. The van der Waals surface area contributed by atoms with Gasteiger partial charge in [-0.2, -0.15) is 0 Å². The Morgan fingerprint density at radius 1 is 1.27 bits per heavy atom. The predicted octanol–water partition coefficient (Wildman–Crippen LogP) is 0.315. The highest BCUT2D eigenvalue weighted by Gasteiger charge is 2.51. The van der Waals surface area contributed by atoms with Gasteiger partial charge < -0.3 is 26.5 Å². The van der Waals surface area contributed by atoms with Gasteiger partial charge in [0.1, 0.15) is 5.57 Å². The molecule has 30 heavy (non-hydrogen) atoms. The lowest BCUT2D eigenvalue weighted by Crippen LogP contribution is -2.45. The predicted molar refractivity (Wildman–Crippen MR) is 111 cm³/mol. The van der Waals surface area contributed by atoms with Gasteiger partial charge in [-0.25, -0.2) is 8.42 Å². The smallest absolute Gasteiger partial charge is 0.265 e. The van der Waals surface area contributed by atoms with Crippen molar-refractivity contribution in [3.8, 4) is 0 Å². The number of amidine groups is 1. The molecule has 10 nitrogen and oxygen atoms in total. The largest absolute Gasteiger partial charge is 0.399 e. The minimum absolute atomic E-state index is 0.121. The van der Waals surface area contributed by atoms with Gasteiger partial charge in [-0.15, -0.1) is 0 Å². The van der Waals surface area contributed by atoms with Crippen molar-refractivity contribution in [1.29, 1.82) is 0 Å². The summed E-state index contributed by atoms with van der Waals surface area (Å²) in [6, 6.07) is 5.70. The van der Waals surface area contributed by atoms with Crippen LogP contribution in [-0.2, 0) is 24.3 Å². The fourth-order valence-corrected chi connectivity index (χ4v) is 4.52. The first-order chi connectivity index (χ1) is 14.1. The number of nitrogens with one attached hydrogen (secondary N) is 1. The number of nitrogens with zero attached hydrogens (tertiary/aromatic N) is 2. The topological polar surface area (TPSA) is 157 Å².